The molecule has 0 amide bonds. The van der Waals surface area contributed by atoms with E-state index in [9.17, 15) is 13.2 Å². The van der Waals surface area contributed by atoms with Crippen molar-refractivity contribution in [3.8, 4) is 0 Å². The molecule has 1 aliphatic rings. The van der Waals surface area contributed by atoms with Crippen molar-refractivity contribution in [3.05, 3.63) is 28.2 Å². The Balaban J connectivity index is 2.26. The van der Waals surface area contributed by atoms with Crippen LogP contribution in [-0.4, -0.2) is 20.5 Å². The normalized spacial score (nSPS) is 16.1. The molecule has 0 heterocycles. The zero-order valence-electron chi connectivity index (χ0n) is 9.23. The zero-order chi connectivity index (χ0) is 13.3. The maximum absolute atomic E-state index is 11.8. The van der Waals surface area contributed by atoms with Gasteiger partial charge in [0.1, 0.15) is 6.10 Å². The number of carbonyl (C=O) groups excluding carboxylic acids is 1. The Morgan fingerprint density at radius 2 is 2.06 bits per heavy atom. The Morgan fingerprint density at radius 3 is 2.56 bits per heavy atom. The van der Waals surface area contributed by atoms with Crippen LogP contribution in [0.3, 0.4) is 0 Å². The molecule has 1 saturated carbocycles. The van der Waals surface area contributed by atoms with Crippen molar-refractivity contribution in [2.45, 2.75) is 30.3 Å². The number of hydrogen-bond donors (Lipinski definition) is 0. The first kappa shape index (κ1) is 13.8. The summed E-state index contributed by atoms with van der Waals surface area (Å²) in [7, 11) is 1.38. The van der Waals surface area contributed by atoms with Crippen molar-refractivity contribution in [1.29, 1.82) is 0 Å². The van der Waals surface area contributed by atoms with E-state index in [1.54, 1.807) is 0 Å². The molecule has 1 aromatic rings. The largest absolute Gasteiger partial charge is 0.459 e. The van der Waals surface area contributed by atoms with E-state index in [-0.39, 0.29) is 16.6 Å². The number of rotatable bonds is 3. The molecule has 0 unspecified atom stereocenters. The predicted molar refractivity (Wildman–Crippen MR) is 70.2 cm³/mol. The summed E-state index contributed by atoms with van der Waals surface area (Å²) in [6.07, 6.45) is 2.74. The van der Waals surface area contributed by atoms with E-state index in [1.165, 1.54) is 18.2 Å². The van der Waals surface area contributed by atoms with E-state index in [2.05, 4.69) is 15.9 Å². The van der Waals surface area contributed by atoms with E-state index in [0.717, 1.165) is 19.3 Å². The van der Waals surface area contributed by atoms with Gasteiger partial charge < -0.3 is 4.74 Å². The van der Waals surface area contributed by atoms with Crippen LogP contribution in [0.15, 0.2) is 27.6 Å². The molecule has 0 saturated heterocycles. The van der Waals surface area contributed by atoms with Crippen molar-refractivity contribution in [3.63, 3.8) is 0 Å². The van der Waals surface area contributed by atoms with E-state index in [1.807, 2.05) is 0 Å². The van der Waals surface area contributed by atoms with Crippen LogP contribution in [0.1, 0.15) is 29.6 Å². The molecule has 0 atom stereocenters. The second kappa shape index (κ2) is 5.19. The minimum atomic E-state index is -3.89. The standard InChI is InChI=1S/C11H10BrClO4S/c12-9-5-4-7(6-10(9)18(13,15)16)11(14)17-8-2-1-3-8/h4-6,8H,1-3H2. The molecule has 0 radical (unpaired) electrons. The SMILES string of the molecule is O=C(OC1CCC1)c1ccc(Br)c(S(=O)(=O)Cl)c1. The van der Waals surface area contributed by atoms with Crippen LogP contribution >= 0.6 is 26.6 Å². The number of benzene rings is 1. The van der Waals surface area contributed by atoms with Gasteiger partial charge in [0.25, 0.3) is 9.05 Å². The van der Waals surface area contributed by atoms with Crippen LogP contribution in [0.25, 0.3) is 0 Å². The molecular weight excluding hydrogens is 344 g/mol. The predicted octanol–water partition coefficient (Wildman–Crippen LogP) is 3.09. The van der Waals surface area contributed by atoms with Crippen LogP contribution in [-0.2, 0) is 13.8 Å². The Labute approximate surface area is 118 Å². The van der Waals surface area contributed by atoms with Crippen LogP contribution in [0.2, 0.25) is 0 Å². The summed E-state index contributed by atoms with van der Waals surface area (Å²) in [5.74, 6) is -0.520. The lowest BCUT2D eigenvalue weighted by Crippen LogP contribution is -2.25. The summed E-state index contributed by atoms with van der Waals surface area (Å²) in [5, 5.41) is 0. The van der Waals surface area contributed by atoms with Crippen molar-refractivity contribution in [2.24, 2.45) is 0 Å². The number of halogens is 2. The molecule has 0 spiro atoms. The van der Waals surface area contributed by atoms with Gasteiger partial charge in [0.2, 0.25) is 0 Å². The molecule has 1 aliphatic carbocycles. The number of hydrogen-bond acceptors (Lipinski definition) is 4. The van der Waals surface area contributed by atoms with E-state index >= 15 is 0 Å². The first-order valence-corrected chi connectivity index (χ1v) is 8.43. The molecule has 0 aromatic heterocycles. The lowest BCUT2D eigenvalue weighted by atomic mass is 9.96. The molecule has 4 nitrogen and oxygen atoms in total. The summed E-state index contributed by atoms with van der Waals surface area (Å²) in [5.41, 5.74) is 0.185. The average molecular weight is 354 g/mol. The fourth-order valence-electron chi connectivity index (χ4n) is 1.53. The lowest BCUT2D eigenvalue weighted by Gasteiger charge is -2.25. The van der Waals surface area contributed by atoms with E-state index < -0.39 is 15.0 Å². The Kier molecular flexibility index (Phi) is 3.99. The summed E-state index contributed by atoms with van der Waals surface area (Å²) in [4.78, 5) is 11.6. The third-order valence-electron chi connectivity index (χ3n) is 2.76. The fraction of sp³-hybridized carbons (Fsp3) is 0.364. The minimum Gasteiger partial charge on any atom is -0.459 e. The number of esters is 1. The highest BCUT2D eigenvalue weighted by atomic mass is 79.9. The fourth-order valence-corrected chi connectivity index (χ4v) is 3.64. The quantitative estimate of drug-likeness (QED) is 0.619. The van der Waals surface area contributed by atoms with E-state index in [0.29, 0.717) is 4.47 Å². The molecule has 0 N–H and O–H groups in total. The van der Waals surface area contributed by atoms with E-state index in [4.69, 9.17) is 15.4 Å². The van der Waals surface area contributed by atoms with Crippen LogP contribution < -0.4 is 0 Å². The monoisotopic (exact) mass is 352 g/mol. The van der Waals surface area contributed by atoms with Gasteiger partial charge in [-0.05, 0) is 53.4 Å². The summed E-state index contributed by atoms with van der Waals surface area (Å²) >= 11 is 3.08. The third kappa shape index (κ3) is 3.05. The lowest BCUT2D eigenvalue weighted by molar-refractivity contribution is 0.00898. The van der Waals surface area contributed by atoms with Crippen LogP contribution in [0, 0.1) is 0 Å². The molecule has 2 rings (SSSR count). The molecular formula is C11H10BrClO4S. The number of carbonyl (C=O) groups is 1. The Morgan fingerprint density at radius 1 is 1.39 bits per heavy atom. The van der Waals surface area contributed by atoms with Gasteiger partial charge in [0, 0.05) is 15.2 Å². The smallest absolute Gasteiger partial charge is 0.338 e. The van der Waals surface area contributed by atoms with Gasteiger partial charge in [0.05, 0.1) is 10.5 Å². The topological polar surface area (TPSA) is 60.4 Å². The highest BCUT2D eigenvalue weighted by Gasteiger charge is 2.24. The van der Waals surface area contributed by atoms with Gasteiger partial charge in [-0.1, -0.05) is 0 Å². The van der Waals surface area contributed by atoms with Crippen LogP contribution in [0.5, 0.6) is 0 Å². The van der Waals surface area contributed by atoms with Crippen molar-refractivity contribution in [2.75, 3.05) is 0 Å². The molecule has 1 aromatic carbocycles. The molecule has 98 valence electrons. The molecule has 7 heteroatoms. The summed E-state index contributed by atoms with van der Waals surface area (Å²) in [6, 6.07) is 4.18. The minimum absolute atomic E-state index is 0.0443. The maximum atomic E-state index is 11.8. The van der Waals surface area contributed by atoms with Gasteiger partial charge in [-0.3, -0.25) is 0 Å². The summed E-state index contributed by atoms with van der Waals surface area (Å²) < 4.78 is 28.1. The molecule has 1 fully saturated rings. The first-order chi connectivity index (χ1) is 8.38. The molecule has 18 heavy (non-hydrogen) atoms. The second-order valence-electron chi connectivity index (χ2n) is 4.04. The molecule has 0 bridgehead atoms. The molecule has 0 aliphatic heterocycles. The third-order valence-corrected chi connectivity index (χ3v) is 5.07. The van der Waals surface area contributed by atoms with Gasteiger partial charge in [-0.15, -0.1) is 0 Å². The van der Waals surface area contributed by atoms with Crippen molar-refractivity contribution in [1.82, 2.24) is 0 Å². The van der Waals surface area contributed by atoms with Gasteiger partial charge in [-0.2, -0.15) is 0 Å². The highest BCUT2D eigenvalue weighted by molar-refractivity contribution is 9.10. The van der Waals surface area contributed by atoms with Crippen molar-refractivity contribution >= 4 is 41.6 Å². The zero-order valence-corrected chi connectivity index (χ0v) is 12.4. The van der Waals surface area contributed by atoms with Crippen molar-refractivity contribution < 1.29 is 17.9 Å². The van der Waals surface area contributed by atoms with Gasteiger partial charge in [-0.25, -0.2) is 13.2 Å². The first-order valence-electron chi connectivity index (χ1n) is 5.33. The Bertz CT molecular complexity index is 581. The van der Waals surface area contributed by atoms with Gasteiger partial charge in [0.15, 0.2) is 0 Å². The highest BCUT2D eigenvalue weighted by Crippen LogP contribution is 2.28. The summed E-state index contributed by atoms with van der Waals surface area (Å²) in [6.45, 7) is 0. The van der Waals surface area contributed by atoms with Gasteiger partial charge >= 0.3 is 5.97 Å². The van der Waals surface area contributed by atoms with Crippen LogP contribution in [0.4, 0.5) is 0 Å². The average Bonchev–Trinajstić information content (AvgIpc) is 2.22. The second-order valence-corrected chi connectivity index (χ2v) is 7.43. The number of ether oxygens (including phenoxy) is 1. The Hall–Kier alpha value is -0.590. The maximum Gasteiger partial charge on any atom is 0.338 e.